The molecular formula is C26H29N3O2. The van der Waals surface area contributed by atoms with Gasteiger partial charge in [-0.1, -0.05) is 54.6 Å². The molecule has 3 aromatic carbocycles. The fourth-order valence-corrected chi connectivity index (χ4v) is 4.05. The van der Waals surface area contributed by atoms with Gasteiger partial charge in [0, 0.05) is 39.4 Å². The van der Waals surface area contributed by atoms with Crippen molar-refractivity contribution in [3.8, 4) is 5.75 Å². The third kappa shape index (κ3) is 5.25. The van der Waals surface area contributed by atoms with Crippen LogP contribution in [0.3, 0.4) is 0 Å². The second kappa shape index (κ2) is 9.67. The topological polar surface area (TPSA) is 44.8 Å². The molecule has 3 aromatic rings. The van der Waals surface area contributed by atoms with Gasteiger partial charge in [-0.05, 0) is 47.4 Å². The number of nitrogens with zero attached hydrogens (tertiary/aromatic N) is 2. The van der Waals surface area contributed by atoms with E-state index in [-0.39, 0.29) is 6.04 Å². The molecule has 5 heteroatoms. The molecule has 0 aromatic heterocycles. The molecule has 0 radical (unpaired) electrons. The van der Waals surface area contributed by atoms with Gasteiger partial charge in [-0.15, -0.1) is 0 Å². The summed E-state index contributed by atoms with van der Waals surface area (Å²) in [5.41, 5.74) is 5.11. The third-order valence-electron chi connectivity index (χ3n) is 5.79. The van der Waals surface area contributed by atoms with Crippen molar-refractivity contribution in [2.75, 3.05) is 32.1 Å². The summed E-state index contributed by atoms with van der Waals surface area (Å²) in [4.78, 5) is 16.9. The summed E-state index contributed by atoms with van der Waals surface area (Å²) in [5.74, 6) is 0.541. The van der Waals surface area contributed by atoms with Crippen LogP contribution in [0.2, 0.25) is 0 Å². The van der Waals surface area contributed by atoms with Crippen LogP contribution in [-0.2, 0) is 13.0 Å². The molecule has 1 unspecified atom stereocenters. The fourth-order valence-electron chi connectivity index (χ4n) is 4.05. The van der Waals surface area contributed by atoms with E-state index in [1.54, 1.807) is 12.1 Å². The number of amides is 1. The molecular weight excluding hydrogens is 386 g/mol. The van der Waals surface area contributed by atoms with Crippen LogP contribution in [0, 0.1) is 0 Å². The van der Waals surface area contributed by atoms with Crippen LogP contribution >= 0.6 is 0 Å². The monoisotopic (exact) mass is 415 g/mol. The Bertz CT molecular complexity index is 1000. The standard InChI is InChI=1S/C26H29N3O2/c1-28(2)23-14-12-21(13-15-23)25(18-27-26(30)31-24-10-4-3-5-11-24)29-17-16-20-8-6-7-9-22(20)19-29/h3-15,25H,16-19H2,1-2H3,(H,27,30). The van der Waals surface area contributed by atoms with Gasteiger partial charge in [0.05, 0.1) is 6.04 Å². The van der Waals surface area contributed by atoms with E-state index in [2.05, 4.69) is 63.6 Å². The summed E-state index contributed by atoms with van der Waals surface area (Å²) in [6.07, 6.45) is 0.579. The number of hydrogen-bond donors (Lipinski definition) is 1. The van der Waals surface area contributed by atoms with Gasteiger partial charge in [0.2, 0.25) is 0 Å². The highest BCUT2D eigenvalue weighted by atomic mass is 16.6. The third-order valence-corrected chi connectivity index (χ3v) is 5.79. The van der Waals surface area contributed by atoms with E-state index in [1.807, 2.05) is 32.3 Å². The number of hydrogen-bond acceptors (Lipinski definition) is 4. The van der Waals surface area contributed by atoms with Crippen molar-refractivity contribution >= 4 is 11.8 Å². The number of ether oxygens (including phenoxy) is 1. The number of rotatable bonds is 6. The summed E-state index contributed by atoms with van der Waals surface area (Å²) in [5, 5.41) is 2.98. The summed E-state index contributed by atoms with van der Waals surface area (Å²) >= 11 is 0. The lowest BCUT2D eigenvalue weighted by atomic mass is 9.96. The fraction of sp³-hybridized carbons (Fsp3) is 0.269. The number of fused-ring (bicyclic) bond motifs is 1. The van der Waals surface area contributed by atoms with E-state index in [1.165, 1.54) is 16.7 Å². The lowest BCUT2D eigenvalue weighted by Crippen LogP contribution is -2.41. The average molecular weight is 416 g/mol. The quantitative estimate of drug-likeness (QED) is 0.637. The Morgan fingerprint density at radius 3 is 2.35 bits per heavy atom. The summed E-state index contributed by atoms with van der Waals surface area (Å²) in [7, 11) is 4.07. The predicted molar refractivity (Wildman–Crippen MR) is 125 cm³/mol. The molecule has 1 aliphatic heterocycles. The largest absolute Gasteiger partial charge is 0.412 e. The number of carbonyl (C=O) groups is 1. The van der Waals surface area contributed by atoms with Gasteiger partial charge in [-0.3, -0.25) is 4.90 Å². The van der Waals surface area contributed by atoms with Crippen LogP contribution in [0.5, 0.6) is 5.75 Å². The van der Waals surface area contributed by atoms with E-state index in [4.69, 9.17) is 4.74 Å². The Morgan fingerprint density at radius 2 is 1.65 bits per heavy atom. The zero-order chi connectivity index (χ0) is 21.6. The first kappa shape index (κ1) is 20.9. The molecule has 0 saturated heterocycles. The van der Waals surface area contributed by atoms with Crippen molar-refractivity contribution in [3.63, 3.8) is 0 Å². The minimum atomic E-state index is -0.432. The van der Waals surface area contributed by atoms with Crippen molar-refractivity contribution in [2.45, 2.75) is 19.0 Å². The minimum Gasteiger partial charge on any atom is -0.410 e. The van der Waals surface area contributed by atoms with Crippen LogP contribution in [0.15, 0.2) is 78.9 Å². The SMILES string of the molecule is CN(C)c1ccc(C(CNC(=O)Oc2ccccc2)N2CCc3ccccc3C2)cc1. The van der Waals surface area contributed by atoms with E-state index in [0.29, 0.717) is 12.3 Å². The number of nitrogens with one attached hydrogen (secondary N) is 1. The van der Waals surface area contributed by atoms with Gasteiger partial charge in [0.25, 0.3) is 0 Å². The maximum Gasteiger partial charge on any atom is 0.412 e. The zero-order valence-electron chi connectivity index (χ0n) is 18.1. The maximum atomic E-state index is 12.4. The van der Waals surface area contributed by atoms with Gasteiger partial charge in [-0.2, -0.15) is 0 Å². The van der Waals surface area contributed by atoms with Crippen molar-refractivity contribution in [1.82, 2.24) is 10.2 Å². The highest BCUT2D eigenvalue weighted by molar-refractivity contribution is 5.70. The molecule has 1 heterocycles. The second-order valence-electron chi connectivity index (χ2n) is 8.07. The molecule has 4 rings (SSSR count). The molecule has 160 valence electrons. The lowest BCUT2D eigenvalue weighted by molar-refractivity contribution is 0.165. The van der Waals surface area contributed by atoms with Crippen molar-refractivity contribution in [1.29, 1.82) is 0 Å². The van der Waals surface area contributed by atoms with Crippen LogP contribution in [0.1, 0.15) is 22.7 Å². The summed E-state index contributed by atoms with van der Waals surface area (Å²) in [6, 6.07) is 26.4. The van der Waals surface area contributed by atoms with Crippen LogP contribution in [0.25, 0.3) is 0 Å². The first-order chi connectivity index (χ1) is 15.1. The number of para-hydroxylation sites is 1. The van der Waals surface area contributed by atoms with Gasteiger partial charge in [0.15, 0.2) is 0 Å². The van der Waals surface area contributed by atoms with Gasteiger partial charge >= 0.3 is 6.09 Å². The van der Waals surface area contributed by atoms with Gasteiger partial charge < -0.3 is 15.0 Å². The molecule has 5 nitrogen and oxygen atoms in total. The summed E-state index contributed by atoms with van der Waals surface area (Å²) in [6.45, 7) is 2.30. The Morgan fingerprint density at radius 1 is 0.968 bits per heavy atom. The second-order valence-corrected chi connectivity index (χ2v) is 8.07. The first-order valence-corrected chi connectivity index (χ1v) is 10.7. The molecule has 0 spiro atoms. The summed E-state index contributed by atoms with van der Waals surface area (Å²) < 4.78 is 5.42. The Hall–Kier alpha value is -3.31. The molecule has 1 atom stereocenters. The average Bonchev–Trinajstić information content (AvgIpc) is 2.80. The Kier molecular flexibility index (Phi) is 6.53. The van der Waals surface area contributed by atoms with Crippen LogP contribution in [-0.4, -0.2) is 38.2 Å². The normalized spacial score (nSPS) is 14.4. The van der Waals surface area contributed by atoms with Crippen molar-refractivity contribution in [3.05, 3.63) is 95.6 Å². The number of anilines is 1. The van der Waals surface area contributed by atoms with Crippen molar-refractivity contribution in [2.24, 2.45) is 0 Å². The van der Waals surface area contributed by atoms with E-state index >= 15 is 0 Å². The first-order valence-electron chi connectivity index (χ1n) is 10.7. The molecule has 31 heavy (non-hydrogen) atoms. The molecule has 0 aliphatic carbocycles. The van der Waals surface area contributed by atoms with E-state index in [9.17, 15) is 4.79 Å². The zero-order valence-corrected chi connectivity index (χ0v) is 18.1. The van der Waals surface area contributed by atoms with Gasteiger partial charge in [0.1, 0.15) is 5.75 Å². The lowest BCUT2D eigenvalue weighted by Gasteiger charge is -2.36. The van der Waals surface area contributed by atoms with E-state index in [0.717, 1.165) is 25.2 Å². The van der Waals surface area contributed by atoms with E-state index < -0.39 is 6.09 Å². The molecule has 0 fully saturated rings. The molecule has 0 saturated carbocycles. The van der Waals surface area contributed by atoms with Gasteiger partial charge in [-0.25, -0.2) is 4.79 Å². The number of carbonyl (C=O) groups excluding carboxylic acids is 1. The minimum absolute atomic E-state index is 0.0629. The molecule has 1 amide bonds. The molecule has 0 bridgehead atoms. The highest BCUT2D eigenvalue weighted by Crippen LogP contribution is 2.28. The maximum absolute atomic E-state index is 12.4. The number of benzene rings is 3. The highest BCUT2D eigenvalue weighted by Gasteiger charge is 2.25. The van der Waals surface area contributed by atoms with Crippen LogP contribution < -0.4 is 15.0 Å². The predicted octanol–water partition coefficient (Wildman–Crippen LogP) is 4.64. The molecule has 1 N–H and O–H groups in total. The van der Waals surface area contributed by atoms with Crippen molar-refractivity contribution < 1.29 is 9.53 Å². The Labute approximate surface area is 184 Å². The molecule has 1 aliphatic rings. The smallest absolute Gasteiger partial charge is 0.410 e. The Balaban J connectivity index is 1.50. The van der Waals surface area contributed by atoms with Crippen LogP contribution in [0.4, 0.5) is 10.5 Å².